The highest BCUT2D eigenvalue weighted by Gasteiger charge is 2.11. The molecule has 0 atom stereocenters. The standard InChI is InChI=1S/C14H10FNO5/c15-13-5-4-9(6-12(13)14(17)18)8-21-11-3-1-2-10(7-11)16(19)20/h1-7H,8H2,(H,17,18). The second-order valence-electron chi connectivity index (χ2n) is 4.16. The van der Waals surface area contributed by atoms with Crippen LogP contribution >= 0.6 is 0 Å². The Morgan fingerprint density at radius 1 is 1.29 bits per heavy atom. The zero-order valence-electron chi connectivity index (χ0n) is 10.7. The summed E-state index contributed by atoms with van der Waals surface area (Å²) >= 11 is 0. The lowest BCUT2D eigenvalue weighted by molar-refractivity contribution is -0.384. The fourth-order valence-electron chi connectivity index (χ4n) is 1.68. The maximum absolute atomic E-state index is 13.2. The Hall–Kier alpha value is -2.96. The third-order valence-electron chi connectivity index (χ3n) is 2.70. The lowest BCUT2D eigenvalue weighted by Gasteiger charge is -2.07. The van der Waals surface area contributed by atoms with Gasteiger partial charge in [0.25, 0.3) is 5.69 Å². The second kappa shape index (κ2) is 6.00. The molecule has 0 spiro atoms. The number of nitro groups is 1. The second-order valence-corrected chi connectivity index (χ2v) is 4.16. The number of non-ortho nitro benzene ring substituents is 1. The molecule has 0 saturated carbocycles. The summed E-state index contributed by atoms with van der Waals surface area (Å²) in [4.78, 5) is 20.9. The number of aromatic carboxylic acids is 1. The number of carboxylic acid groups (broad SMARTS) is 1. The number of halogens is 1. The Labute approximate surface area is 118 Å². The number of nitrogens with zero attached hydrogens (tertiary/aromatic N) is 1. The zero-order chi connectivity index (χ0) is 15.4. The highest BCUT2D eigenvalue weighted by molar-refractivity contribution is 5.88. The summed E-state index contributed by atoms with van der Waals surface area (Å²) in [6.07, 6.45) is 0. The van der Waals surface area contributed by atoms with Crippen LogP contribution in [0.1, 0.15) is 15.9 Å². The molecule has 1 N–H and O–H groups in total. The molecule has 0 aliphatic carbocycles. The molecule has 7 heteroatoms. The monoisotopic (exact) mass is 291 g/mol. The number of nitro benzene ring substituents is 1. The third-order valence-corrected chi connectivity index (χ3v) is 2.70. The SMILES string of the molecule is O=C(O)c1cc(COc2cccc([N+](=O)[O-])c2)ccc1F. The summed E-state index contributed by atoms with van der Waals surface area (Å²) < 4.78 is 18.6. The van der Waals surface area contributed by atoms with Crippen molar-refractivity contribution in [2.24, 2.45) is 0 Å². The van der Waals surface area contributed by atoms with Crippen LogP contribution in [0.4, 0.5) is 10.1 Å². The van der Waals surface area contributed by atoms with E-state index in [9.17, 15) is 19.3 Å². The Morgan fingerprint density at radius 2 is 2.05 bits per heavy atom. The van der Waals surface area contributed by atoms with Gasteiger partial charge in [-0.25, -0.2) is 9.18 Å². The number of hydrogen-bond acceptors (Lipinski definition) is 4. The molecule has 0 aromatic heterocycles. The number of carboxylic acids is 1. The lowest BCUT2D eigenvalue weighted by Crippen LogP contribution is -2.03. The fourth-order valence-corrected chi connectivity index (χ4v) is 1.68. The van der Waals surface area contributed by atoms with Crippen LogP contribution in [0.2, 0.25) is 0 Å². The lowest BCUT2D eigenvalue weighted by atomic mass is 10.1. The molecule has 0 aliphatic heterocycles. The van der Waals surface area contributed by atoms with E-state index in [-0.39, 0.29) is 18.0 Å². The van der Waals surface area contributed by atoms with E-state index in [1.807, 2.05) is 0 Å². The molecule has 2 aromatic carbocycles. The molecule has 0 unspecified atom stereocenters. The van der Waals surface area contributed by atoms with Crippen molar-refractivity contribution in [2.45, 2.75) is 6.61 Å². The van der Waals surface area contributed by atoms with Gasteiger partial charge in [0.1, 0.15) is 18.2 Å². The molecule has 0 heterocycles. The van der Waals surface area contributed by atoms with Crippen LogP contribution in [0.25, 0.3) is 0 Å². The van der Waals surface area contributed by atoms with Crippen LogP contribution in [0.5, 0.6) is 5.75 Å². The smallest absolute Gasteiger partial charge is 0.338 e. The Kier molecular flexibility index (Phi) is 4.13. The first-order chi connectivity index (χ1) is 9.97. The van der Waals surface area contributed by atoms with E-state index in [0.29, 0.717) is 5.56 Å². The number of benzene rings is 2. The third kappa shape index (κ3) is 3.53. The van der Waals surface area contributed by atoms with Gasteiger partial charge in [-0.1, -0.05) is 12.1 Å². The van der Waals surface area contributed by atoms with Crippen LogP contribution in [0.3, 0.4) is 0 Å². The van der Waals surface area contributed by atoms with Crippen molar-refractivity contribution >= 4 is 11.7 Å². The van der Waals surface area contributed by atoms with Crippen LogP contribution in [-0.4, -0.2) is 16.0 Å². The summed E-state index contributed by atoms with van der Waals surface area (Å²) in [6.45, 7) is -0.0261. The van der Waals surface area contributed by atoms with Crippen molar-refractivity contribution in [2.75, 3.05) is 0 Å². The molecule has 0 amide bonds. The van der Waals surface area contributed by atoms with Crippen molar-refractivity contribution in [1.82, 2.24) is 0 Å². The molecule has 108 valence electrons. The van der Waals surface area contributed by atoms with E-state index in [0.717, 1.165) is 12.1 Å². The van der Waals surface area contributed by atoms with Crippen LogP contribution in [0.15, 0.2) is 42.5 Å². The van der Waals surface area contributed by atoms with Gasteiger partial charge >= 0.3 is 5.97 Å². The van der Waals surface area contributed by atoms with E-state index in [1.165, 1.54) is 30.3 Å². The van der Waals surface area contributed by atoms with Gasteiger partial charge in [0.05, 0.1) is 16.6 Å². The minimum absolute atomic E-state index is 0.0261. The molecule has 2 aromatic rings. The summed E-state index contributed by atoms with van der Waals surface area (Å²) in [5.74, 6) is -1.93. The average Bonchev–Trinajstić information content (AvgIpc) is 2.46. The molecule has 0 bridgehead atoms. The van der Waals surface area contributed by atoms with Gasteiger partial charge in [-0.05, 0) is 23.8 Å². The van der Waals surface area contributed by atoms with Gasteiger partial charge in [0, 0.05) is 6.07 Å². The normalized spacial score (nSPS) is 10.1. The van der Waals surface area contributed by atoms with Crippen molar-refractivity contribution in [3.05, 3.63) is 69.5 Å². The maximum Gasteiger partial charge on any atom is 0.338 e. The number of hydrogen-bond donors (Lipinski definition) is 1. The minimum Gasteiger partial charge on any atom is -0.489 e. The average molecular weight is 291 g/mol. The summed E-state index contributed by atoms with van der Waals surface area (Å²) in [6, 6.07) is 9.17. The quantitative estimate of drug-likeness (QED) is 0.675. The molecule has 2 rings (SSSR count). The maximum atomic E-state index is 13.2. The highest BCUT2D eigenvalue weighted by Crippen LogP contribution is 2.20. The zero-order valence-corrected chi connectivity index (χ0v) is 10.7. The number of rotatable bonds is 5. The molecular weight excluding hydrogens is 281 g/mol. The van der Waals surface area contributed by atoms with Crippen molar-refractivity contribution < 1.29 is 24.0 Å². The van der Waals surface area contributed by atoms with E-state index in [2.05, 4.69) is 0 Å². The van der Waals surface area contributed by atoms with E-state index >= 15 is 0 Å². The van der Waals surface area contributed by atoms with Gasteiger partial charge in [0.2, 0.25) is 0 Å². The van der Waals surface area contributed by atoms with Gasteiger partial charge in [-0.2, -0.15) is 0 Å². The fraction of sp³-hybridized carbons (Fsp3) is 0.0714. The molecule has 0 fully saturated rings. The van der Waals surface area contributed by atoms with Crippen molar-refractivity contribution in [3.63, 3.8) is 0 Å². The van der Waals surface area contributed by atoms with Crippen LogP contribution in [-0.2, 0) is 6.61 Å². The predicted molar refractivity (Wildman–Crippen MR) is 70.8 cm³/mol. The Bertz CT molecular complexity index is 702. The summed E-state index contributed by atoms with van der Waals surface area (Å²) in [5, 5.41) is 19.4. The van der Waals surface area contributed by atoms with E-state index in [4.69, 9.17) is 9.84 Å². The van der Waals surface area contributed by atoms with Gasteiger partial charge in [-0.3, -0.25) is 10.1 Å². The van der Waals surface area contributed by atoms with Crippen LogP contribution < -0.4 is 4.74 Å². The largest absolute Gasteiger partial charge is 0.489 e. The van der Waals surface area contributed by atoms with E-state index in [1.54, 1.807) is 0 Å². The highest BCUT2D eigenvalue weighted by atomic mass is 19.1. The molecule has 6 nitrogen and oxygen atoms in total. The van der Waals surface area contributed by atoms with Crippen molar-refractivity contribution in [3.8, 4) is 5.75 Å². The first kappa shape index (κ1) is 14.4. The first-order valence-electron chi connectivity index (χ1n) is 5.86. The molecular formula is C14H10FNO5. The minimum atomic E-state index is -1.37. The first-order valence-corrected chi connectivity index (χ1v) is 5.86. The number of ether oxygens (including phenoxy) is 1. The molecule has 0 radical (unpaired) electrons. The van der Waals surface area contributed by atoms with Crippen LogP contribution in [0, 0.1) is 15.9 Å². The van der Waals surface area contributed by atoms with Gasteiger partial charge in [0.15, 0.2) is 0 Å². The summed E-state index contributed by atoms with van der Waals surface area (Å²) in [5.41, 5.74) is -0.117. The predicted octanol–water partition coefficient (Wildman–Crippen LogP) is 3.01. The Balaban J connectivity index is 2.13. The molecule has 0 saturated heterocycles. The topological polar surface area (TPSA) is 89.7 Å². The molecule has 21 heavy (non-hydrogen) atoms. The van der Waals surface area contributed by atoms with Gasteiger partial charge in [-0.15, -0.1) is 0 Å². The molecule has 0 aliphatic rings. The number of carbonyl (C=O) groups is 1. The Morgan fingerprint density at radius 3 is 2.71 bits per heavy atom. The summed E-state index contributed by atoms with van der Waals surface area (Å²) in [7, 11) is 0. The van der Waals surface area contributed by atoms with Gasteiger partial charge < -0.3 is 9.84 Å². The van der Waals surface area contributed by atoms with E-state index < -0.39 is 22.3 Å². The van der Waals surface area contributed by atoms with Crippen molar-refractivity contribution in [1.29, 1.82) is 0 Å².